The Hall–Kier alpha value is -2.06. The average molecular weight is 347 g/mol. The SMILES string of the molecule is C[C@](C#N)(CCc1ccccc1)NC(=O)c1ccoc1Br. The maximum Gasteiger partial charge on any atom is 0.256 e. The Morgan fingerprint density at radius 1 is 1.38 bits per heavy atom. The van der Waals surface area contributed by atoms with E-state index in [1.807, 2.05) is 30.3 Å². The number of nitrogens with zero attached hydrogens (tertiary/aromatic N) is 1. The number of hydrogen-bond donors (Lipinski definition) is 1. The zero-order valence-electron chi connectivity index (χ0n) is 11.6. The minimum atomic E-state index is -0.927. The summed E-state index contributed by atoms with van der Waals surface area (Å²) in [5, 5.41) is 12.1. The average Bonchev–Trinajstić information content (AvgIpc) is 2.92. The summed E-state index contributed by atoms with van der Waals surface area (Å²) in [4.78, 5) is 12.2. The highest BCUT2D eigenvalue weighted by Crippen LogP contribution is 2.20. The molecule has 2 rings (SSSR count). The molecule has 0 saturated carbocycles. The second-order valence-corrected chi connectivity index (χ2v) is 5.71. The number of aryl methyl sites for hydroxylation is 1. The van der Waals surface area contributed by atoms with E-state index in [9.17, 15) is 10.1 Å². The molecule has 0 spiro atoms. The highest BCUT2D eigenvalue weighted by atomic mass is 79.9. The van der Waals surface area contributed by atoms with Crippen LogP contribution in [0.3, 0.4) is 0 Å². The van der Waals surface area contributed by atoms with Gasteiger partial charge >= 0.3 is 0 Å². The minimum absolute atomic E-state index is 0.326. The summed E-state index contributed by atoms with van der Waals surface area (Å²) in [5.74, 6) is -0.326. The van der Waals surface area contributed by atoms with Gasteiger partial charge in [-0.1, -0.05) is 30.3 Å². The molecule has 1 amide bonds. The Balaban J connectivity index is 2.03. The summed E-state index contributed by atoms with van der Waals surface area (Å²) in [6.45, 7) is 1.72. The first-order valence-electron chi connectivity index (χ1n) is 6.55. The van der Waals surface area contributed by atoms with Crippen molar-refractivity contribution in [2.75, 3.05) is 0 Å². The highest BCUT2D eigenvalue weighted by molar-refractivity contribution is 9.10. The number of benzene rings is 1. The zero-order chi connectivity index (χ0) is 15.3. The molecule has 0 aliphatic rings. The molecule has 1 atom stereocenters. The van der Waals surface area contributed by atoms with Crippen LogP contribution in [0.2, 0.25) is 0 Å². The smallest absolute Gasteiger partial charge is 0.256 e. The van der Waals surface area contributed by atoms with Crippen molar-refractivity contribution in [3.63, 3.8) is 0 Å². The van der Waals surface area contributed by atoms with Crippen molar-refractivity contribution in [1.29, 1.82) is 5.26 Å². The van der Waals surface area contributed by atoms with Crippen LogP contribution in [0.25, 0.3) is 0 Å². The van der Waals surface area contributed by atoms with E-state index < -0.39 is 5.54 Å². The number of nitriles is 1. The van der Waals surface area contributed by atoms with Gasteiger partial charge in [0.2, 0.25) is 0 Å². The Bertz CT molecular complexity index is 660. The van der Waals surface area contributed by atoms with E-state index in [2.05, 4.69) is 27.3 Å². The molecule has 1 N–H and O–H groups in total. The van der Waals surface area contributed by atoms with Crippen LogP contribution in [0.15, 0.2) is 51.7 Å². The van der Waals surface area contributed by atoms with Gasteiger partial charge < -0.3 is 9.73 Å². The fraction of sp³-hybridized carbons (Fsp3) is 0.250. The van der Waals surface area contributed by atoms with Gasteiger partial charge in [0, 0.05) is 0 Å². The third kappa shape index (κ3) is 3.96. The quantitative estimate of drug-likeness (QED) is 0.897. The number of carbonyl (C=O) groups excluding carboxylic acids is 1. The third-order valence-electron chi connectivity index (χ3n) is 3.26. The molecule has 0 aliphatic carbocycles. The molecule has 0 radical (unpaired) electrons. The van der Waals surface area contributed by atoms with E-state index in [1.165, 1.54) is 6.26 Å². The molecule has 2 aromatic rings. The normalized spacial score (nSPS) is 13.2. The lowest BCUT2D eigenvalue weighted by molar-refractivity contribution is 0.0920. The number of carbonyl (C=O) groups is 1. The summed E-state index contributed by atoms with van der Waals surface area (Å²) in [6.07, 6.45) is 2.68. The largest absolute Gasteiger partial charge is 0.457 e. The predicted octanol–water partition coefficient (Wildman–Crippen LogP) is 3.69. The predicted molar refractivity (Wildman–Crippen MR) is 82.7 cm³/mol. The number of nitrogens with one attached hydrogen (secondary N) is 1. The maximum atomic E-state index is 12.2. The number of furan rings is 1. The number of amides is 1. The monoisotopic (exact) mass is 346 g/mol. The summed E-state index contributed by atoms with van der Waals surface area (Å²) in [7, 11) is 0. The summed E-state index contributed by atoms with van der Waals surface area (Å²) < 4.78 is 5.40. The lowest BCUT2D eigenvalue weighted by Gasteiger charge is -2.23. The van der Waals surface area contributed by atoms with E-state index in [-0.39, 0.29) is 5.91 Å². The fourth-order valence-electron chi connectivity index (χ4n) is 1.96. The van der Waals surface area contributed by atoms with E-state index >= 15 is 0 Å². The van der Waals surface area contributed by atoms with Gasteiger partial charge in [-0.25, -0.2) is 0 Å². The lowest BCUT2D eigenvalue weighted by Crippen LogP contribution is -2.45. The molecule has 0 bridgehead atoms. The van der Waals surface area contributed by atoms with Crippen LogP contribution < -0.4 is 5.32 Å². The minimum Gasteiger partial charge on any atom is -0.457 e. The van der Waals surface area contributed by atoms with Gasteiger partial charge in [0.1, 0.15) is 5.54 Å². The van der Waals surface area contributed by atoms with Gasteiger partial charge in [-0.05, 0) is 47.3 Å². The van der Waals surface area contributed by atoms with E-state index in [4.69, 9.17) is 4.42 Å². The summed E-state index contributed by atoms with van der Waals surface area (Å²) in [6, 6.07) is 13.6. The standard InChI is InChI=1S/C16H15BrN2O2/c1-16(11-18,9-7-12-5-3-2-4-6-12)19-15(20)13-8-10-21-14(13)17/h2-6,8,10H,7,9H2,1H3,(H,19,20)/t16-/m1/s1. The first-order valence-corrected chi connectivity index (χ1v) is 7.34. The lowest BCUT2D eigenvalue weighted by atomic mass is 9.94. The van der Waals surface area contributed by atoms with Gasteiger partial charge in [-0.2, -0.15) is 5.26 Å². The van der Waals surface area contributed by atoms with Crippen LogP contribution in [0.1, 0.15) is 29.3 Å². The molecule has 1 aromatic heterocycles. The van der Waals surface area contributed by atoms with Gasteiger partial charge in [-0.3, -0.25) is 4.79 Å². The number of hydrogen-bond acceptors (Lipinski definition) is 3. The van der Waals surface area contributed by atoms with Crippen molar-refractivity contribution in [3.8, 4) is 6.07 Å². The number of halogens is 1. The molecule has 0 unspecified atom stereocenters. The molecule has 0 aliphatic heterocycles. The highest BCUT2D eigenvalue weighted by Gasteiger charge is 2.27. The topological polar surface area (TPSA) is 66.0 Å². The molecular weight excluding hydrogens is 332 g/mol. The maximum absolute atomic E-state index is 12.2. The van der Waals surface area contributed by atoms with Gasteiger partial charge in [0.15, 0.2) is 4.67 Å². The van der Waals surface area contributed by atoms with Crippen molar-refractivity contribution in [1.82, 2.24) is 5.32 Å². The second kappa shape index (κ2) is 6.59. The van der Waals surface area contributed by atoms with E-state index in [1.54, 1.807) is 13.0 Å². The molecule has 108 valence electrons. The summed E-state index contributed by atoms with van der Waals surface area (Å²) in [5.41, 5.74) is 0.595. The molecule has 0 saturated heterocycles. The van der Waals surface area contributed by atoms with Crippen LogP contribution in [0.4, 0.5) is 0 Å². The zero-order valence-corrected chi connectivity index (χ0v) is 13.2. The number of rotatable bonds is 5. The Morgan fingerprint density at radius 2 is 2.10 bits per heavy atom. The first kappa shape index (κ1) is 15.3. The van der Waals surface area contributed by atoms with Crippen LogP contribution >= 0.6 is 15.9 Å². The molecule has 1 aromatic carbocycles. The van der Waals surface area contributed by atoms with E-state index in [0.29, 0.717) is 16.7 Å². The summed E-state index contributed by atoms with van der Waals surface area (Å²) >= 11 is 3.16. The molecule has 5 heteroatoms. The molecule has 1 heterocycles. The van der Waals surface area contributed by atoms with Crippen LogP contribution in [0, 0.1) is 11.3 Å². The Labute approximate surface area is 131 Å². The van der Waals surface area contributed by atoms with Gasteiger partial charge in [0.05, 0.1) is 17.9 Å². The van der Waals surface area contributed by atoms with Gasteiger partial charge in [0.25, 0.3) is 5.91 Å². The fourth-order valence-corrected chi connectivity index (χ4v) is 2.38. The van der Waals surface area contributed by atoms with Crippen molar-refractivity contribution >= 4 is 21.8 Å². The Kier molecular flexibility index (Phi) is 4.81. The molecular formula is C16H15BrN2O2. The van der Waals surface area contributed by atoms with Crippen LogP contribution in [0.5, 0.6) is 0 Å². The molecule has 21 heavy (non-hydrogen) atoms. The van der Waals surface area contributed by atoms with Crippen LogP contribution in [-0.2, 0) is 6.42 Å². The molecule has 0 fully saturated rings. The van der Waals surface area contributed by atoms with Crippen molar-refractivity contribution in [2.45, 2.75) is 25.3 Å². The van der Waals surface area contributed by atoms with Crippen molar-refractivity contribution in [3.05, 3.63) is 58.5 Å². The van der Waals surface area contributed by atoms with Gasteiger partial charge in [-0.15, -0.1) is 0 Å². The second-order valence-electron chi connectivity index (χ2n) is 4.99. The molecule has 4 nitrogen and oxygen atoms in total. The van der Waals surface area contributed by atoms with E-state index in [0.717, 1.165) is 12.0 Å². The van der Waals surface area contributed by atoms with Crippen LogP contribution in [-0.4, -0.2) is 11.4 Å². The Morgan fingerprint density at radius 3 is 2.67 bits per heavy atom. The van der Waals surface area contributed by atoms with Crippen molar-refractivity contribution < 1.29 is 9.21 Å². The third-order valence-corrected chi connectivity index (χ3v) is 3.87. The first-order chi connectivity index (χ1) is 10.0. The van der Waals surface area contributed by atoms with Crippen molar-refractivity contribution in [2.24, 2.45) is 0 Å².